The van der Waals surface area contributed by atoms with Gasteiger partial charge in [-0.05, 0) is 31.7 Å². The molecule has 1 aromatic carbocycles. The van der Waals surface area contributed by atoms with Gasteiger partial charge in [-0.15, -0.1) is 24.0 Å². The van der Waals surface area contributed by atoms with Crippen LogP contribution in [0.1, 0.15) is 43.2 Å². The summed E-state index contributed by atoms with van der Waals surface area (Å²) in [5.74, 6) is 0.610. The Morgan fingerprint density at radius 1 is 1.20 bits per heavy atom. The maximum absolute atomic E-state index is 5.93. The lowest BCUT2D eigenvalue weighted by Crippen LogP contribution is -2.41. The molecule has 2 rings (SSSR count). The van der Waals surface area contributed by atoms with Crippen LogP contribution in [-0.4, -0.2) is 18.5 Å². The predicted octanol–water partition coefficient (Wildman–Crippen LogP) is 3.39. The number of aryl methyl sites for hydroxylation is 1. The predicted molar refractivity (Wildman–Crippen MR) is 96.8 cm³/mol. The smallest absolute Gasteiger partial charge is 0.188 e. The molecule has 0 heterocycles. The minimum Gasteiger partial charge on any atom is -0.370 e. The molecule has 1 aliphatic rings. The summed E-state index contributed by atoms with van der Waals surface area (Å²) in [4.78, 5) is 4.42. The van der Waals surface area contributed by atoms with Crippen molar-refractivity contribution in [1.29, 1.82) is 0 Å². The number of benzene rings is 1. The number of nitrogens with two attached hydrogens (primary N) is 1. The number of nitrogens with one attached hydrogen (secondary N) is 1. The van der Waals surface area contributed by atoms with E-state index in [1.54, 1.807) is 0 Å². The molecule has 112 valence electrons. The summed E-state index contributed by atoms with van der Waals surface area (Å²) in [5, 5.41) is 3.34. The van der Waals surface area contributed by atoms with Crippen molar-refractivity contribution in [3.8, 4) is 0 Å². The minimum absolute atomic E-state index is 0. The molecule has 0 atom stereocenters. The van der Waals surface area contributed by atoms with E-state index in [0.717, 1.165) is 13.0 Å². The molecule has 0 radical (unpaired) electrons. The van der Waals surface area contributed by atoms with Crippen molar-refractivity contribution in [2.24, 2.45) is 10.7 Å². The van der Waals surface area contributed by atoms with E-state index in [4.69, 9.17) is 5.73 Å². The lowest BCUT2D eigenvalue weighted by atomic mass is 9.96. The van der Waals surface area contributed by atoms with Crippen LogP contribution in [-0.2, 0) is 6.42 Å². The molecule has 1 fully saturated rings. The zero-order chi connectivity index (χ0) is 13.5. The molecule has 0 aromatic heterocycles. The first-order valence-electron chi connectivity index (χ1n) is 7.36. The Bertz CT molecular complexity index is 408. The summed E-state index contributed by atoms with van der Waals surface area (Å²) in [6.45, 7) is 2.86. The third-order valence-corrected chi connectivity index (χ3v) is 3.76. The Kier molecular flexibility index (Phi) is 7.95. The second-order valence-corrected chi connectivity index (χ2v) is 5.48. The summed E-state index contributed by atoms with van der Waals surface area (Å²) in [6, 6.07) is 9.15. The molecule has 3 nitrogen and oxygen atoms in total. The third-order valence-electron chi connectivity index (χ3n) is 3.76. The van der Waals surface area contributed by atoms with Gasteiger partial charge >= 0.3 is 0 Å². The Morgan fingerprint density at radius 3 is 2.50 bits per heavy atom. The quantitative estimate of drug-likeness (QED) is 0.473. The molecule has 1 aliphatic carbocycles. The molecule has 0 unspecified atom stereocenters. The van der Waals surface area contributed by atoms with Gasteiger partial charge in [-0.1, -0.05) is 49.1 Å². The SMILES string of the molecule is Cc1ccc(CCN=C(N)NC2CCCCC2)cc1.I. The molecular weight excluding hydrogens is 361 g/mol. The number of hydrogen-bond acceptors (Lipinski definition) is 1. The maximum Gasteiger partial charge on any atom is 0.188 e. The molecule has 20 heavy (non-hydrogen) atoms. The normalized spacial score (nSPS) is 16.6. The molecule has 1 aromatic rings. The van der Waals surface area contributed by atoms with Gasteiger partial charge in [0.2, 0.25) is 0 Å². The van der Waals surface area contributed by atoms with Gasteiger partial charge in [0.05, 0.1) is 0 Å². The van der Waals surface area contributed by atoms with Gasteiger partial charge in [-0.3, -0.25) is 4.99 Å². The van der Waals surface area contributed by atoms with Crippen molar-refractivity contribution < 1.29 is 0 Å². The molecule has 0 amide bonds. The van der Waals surface area contributed by atoms with Crippen LogP contribution >= 0.6 is 24.0 Å². The zero-order valence-corrected chi connectivity index (χ0v) is 14.6. The van der Waals surface area contributed by atoms with Crippen LogP contribution in [0.2, 0.25) is 0 Å². The van der Waals surface area contributed by atoms with E-state index in [9.17, 15) is 0 Å². The second kappa shape index (κ2) is 9.21. The van der Waals surface area contributed by atoms with E-state index >= 15 is 0 Å². The number of aliphatic imine (C=N–C) groups is 1. The Labute approximate surface area is 139 Å². The third kappa shape index (κ3) is 6.11. The van der Waals surface area contributed by atoms with Crippen LogP contribution in [0.3, 0.4) is 0 Å². The van der Waals surface area contributed by atoms with Crippen LogP contribution in [0.4, 0.5) is 0 Å². The summed E-state index contributed by atoms with van der Waals surface area (Å²) >= 11 is 0. The molecule has 0 saturated heterocycles. The fourth-order valence-electron chi connectivity index (χ4n) is 2.56. The summed E-state index contributed by atoms with van der Waals surface area (Å²) in [6.07, 6.45) is 7.40. The average Bonchev–Trinajstić information content (AvgIpc) is 2.42. The largest absolute Gasteiger partial charge is 0.370 e. The van der Waals surface area contributed by atoms with Crippen LogP contribution in [0.15, 0.2) is 29.3 Å². The summed E-state index contributed by atoms with van der Waals surface area (Å²) in [5.41, 5.74) is 8.55. The Balaban J connectivity index is 0.00000200. The number of hydrogen-bond donors (Lipinski definition) is 2. The van der Waals surface area contributed by atoms with E-state index < -0.39 is 0 Å². The van der Waals surface area contributed by atoms with Gasteiger partial charge in [0, 0.05) is 12.6 Å². The van der Waals surface area contributed by atoms with Crippen LogP contribution in [0, 0.1) is 6.92 Å². The van der Waals surface area contributed by atoms with Crippen molar-refractivity contribution in [3.63, 3.8) is 0 Å². The van der Waals surface area contributed by atoms with E-state index in [-0.39, 0.29) is 24.0 Å². The van der Waals surface area contributed by atoms with Gasteiger partial charge in [0.15, 0.2) is 5.96 Å². The first kappa shape index (κ1) is 17.3. The fraction of sp³-hybridized carbons (Fsp3) is 0.562. The zero-order valence-electron chi connectivity index (χ0n) is 12.3. The van der Waals surface area contributed by atoms with Crippen molar-refractivity contribution in [1.82, 2.24) is 5.32 Å². The fourth-order valence-corrected chi connectivity index (χ4v) is 2.56. The van der Waals surface area contributed by atoms with Crippen molar-refractivity contribution in [3.05, 3.63) is 35.4 Å². The summed E-state index contributed by atoms with van der Waals surface area (Å²) in [7, 11) is 0. The first-order chi connectivity index (χ1) is 9.24. The highest BCUT2D eigenvalue weighted by Gasteiger charge is 2.12. The van der Waals surface area contributed by atoms with E-state index in [1.165, 1.54) is 43.2 Å². The van der Waals surface area contributed by atoms with Crippen molar-refractivity contribution >= 4 is 29.9 Å². The van der Waals surface area contributed by atoms with Crippen molar-refractivity contribution in [2.75, 3.05) is 6.54 Å². The van der Waals surface area contributed by atoms with E-state index in [0.29, 0.717) is 12.0 Å². The van der Waals surface area contributed by atoms with Crippen molar-refractivity contribution in [2.45, 2.75) is 51.5 Å². The van der Waals surface area contributed by atoms with Crippen LogP contribution in [0.5, 0.6) is 0 Å². The van der Waals surface area contributed by atoms with Gasteiger partial charge in [0.25, 0.3) is 0 Å². The van der Waals surface area contributed by atoms with Gasteiger partial charge in [-0.2, -0.15) is 0 Å². The molecule has 4 heteroatoms. The highest BCUT2D eigenvalue weighted by atomic mass is 127. The topological polar surface area (TPSA) is 50.4 Å². The highest BCUT2D eigenvalue weighted by molar-refractivity contribution is 14.0. The lowest BCUT2D eigenvalue weighted by molar-refractivity contribution is 0.412. The molecular formula is C16H26IN3. The Morgan fingerprint density at radius 2 is 1.85 bits per heavy atom. The van der Waals surface area contributed by atoms with Gasteiger partial charge in [0.1, 0.15) is 0 Å². The average molecular weight is 387 g/mol. The molecule has 1 saturated carbocycles. The van der Waals surface area contributed by atoms with Crippen LogP contribution in [0.25, 0.3) is 0 Å². The first-order valence-corrected chi connectivity index (χ1v) is 7.36. The number of halogens is 1. The number of nitrogens with zero attached hydrogens (tertiary/aromatic N) is 1. The van der Waals surface area contributed by atoms with Gasteiger partial charge < -0.3 is 11.1 Å². The molecule has 0 spiro atoms. The molecule has 0 aliphatic heterocycles. The van der Waals surface area contributed by atoms with E-state index in [1.807, 2.05) is 0 Å². The minimum atomic E-state index is 0. The van der Waals surface area contributed by atoms with Crippen LogP contribution < -0.4 is 11.1 Å². The number of guanidine groups is 1. The summed E-state index contributed by atoms with van der Waals surface area (Å²) < 4.78 is 0. The second-order valence-electron chi connectivity index (χ2n) is 5.48. The molecule has 3 N–H and O–H groups in total. The maximum atomic E-state index is 5.93. The monoisotopic (exact) mass is 387 g/mol. The lowest BCUT2D eigenvalue weighted by Gasteiger charge is -2.23. The highest BCUT2D eigenvalue weighted by Crippen LogP contribution is 2.16. The standard InChI is InChI=1S/C16H25N3.HI/c1-13-7-9-14(10-8-13)11-12-18-16(17)19-15-5-3-2-4-6-15;/h7-10,15H,2-6,11-12H2,1H3,(H3,17,18,19);1H. The Hall–Kier alpha value is -0.780. The molecule has 0 bridgehead atoms. The number of rotatable bonds is 4. The van der Waals surface area contributed by atoms with E-state index in [2.05, 4.69) is 41.5 Å². The van der Waals surface area contributed by atoms with Gasteiger partial charge in [-0.25, -0.2) is 0 Å².